The van der Waals surface area contributed by atoms with Crippen LogP contribution in [-0.4, -0.2) is 44.4 Å². The fraction of sp³-hybridized carbons (Fsp3) is 0.533. The summed E-state index contributed by atoms with van der Waals surface area (Å²) in [6, 6.07) is 5.25. The highest BCUT2D eigenvalue weighted by Crippen LogP contribution is 2.21. The molecule has 1 aliphatic rings. The molecule has 1 aliphatic heterocycles. The summed E-state index contributed by atoms with van der Waals surface area (Å²) in [6.45, 7) is 2.33. The van der Waals surface area contributed by atoms with E-state index in [1.54, 1.807) is 19.1 Å². The van der Waals surface area contributed by atoms with Crippen molar-refractivity contribution in [3.63, 3.8) is 0 Å². The summed E-state index contributed by atoms with van der Waals surface area (Å²) in [6.07, 6.45) is 1.45. The Kier molecular flexibility index (Phi) is 6.09. The third-order valence-electron chi connectivity index (χ3n) is 3.66. The number of rotatable bonds is 7. The molecule has 0 aliphatic carbocycles. The lowest BCUT2D eigenvalue weighted by atomic mass is 10.1. The average Bonchev–Trinajstić information content (AvgIpc) is 2.98. The van der Waals surface area contributed by atoms with E-state index in [0.29, 0.717) is 31.4 Å². The van der Waals surface area contributed by atoms with E-state index in [4.69, 9.17) is 4.74 Å². The summed E-state index contributed by atoms with van der Waals surface area (Å²) < 4.78 is 46.3. The van der Waals surface area contributed by atoms with Gasteiger partial charge >= 0.3 is 5.97 Å². The van der Waals surface area contributed by atoms with E-state index in [1.807, 2.05) is 0 Å². The molecule has 1 saturated heterocycles. The van der Waals surface area contributed by atoms with Gasteiger partial charge in [0.15, 0.2) is 0 Å². The molecule has 1 heterocycles. The van der Waals surface area contributed by atoms with Gasteiger partial charge in [-0.1, -0.05) is 12.1 Å². The zero-order chi connectivity index (χ0) is 16.9. The number of hydrogen-bond acceptors (Lipinski definition) is 4. The molecule has 128 valence electrons. The van der Waals surface area contributed by atoms with Crippen LogP contribution in [0, 0.1) is 5.82 Å². The van der Waals surface area contributed by atoms with Gasteiger partial charge in [0.2, 0.25) is 0 Å². The van der Waals surface area contributed by atoms with Gasteiger partial charge in [0.25, 0.3) is 10.2 Å². The number of carbonyl (C=O) groups excluding carboxylic acids is 1. The molecular formula is C15H21FN2O4S. The standard InChI is InChI=1S/C15H21FN2O4S/c1-2-22-15(19)14-7-4-10-18(14)23(20,21)17-9-8-12-5-3-6-13(16)11-12/h3,5-6,11,14,17H,2,4,7-10H2,1H3/t14-/m0/s1. The monoisotopic (exact) mass is 344 g/mol. The quantitative estimate of drug-likeness (QED) is 0.755. The van der Waals surface area contributed by atoms with Gasteiger partial charge in [0.05, 0.1) is 6.61 Å². The maximum absolute atomic E-state index is 13.1. The lowest BCUT2D eigenvalue weighted by Crippen LogP contribution is -2.47. The van der Waals surface area contributed by atoms with E-state index in [1.165, 1.54) is 12.1 Å². The summed E-state index contributed by atoms with van der Waals surface area (Å²) in [5.74, 6) is -0.868. The molecule has 0 saturated carbocycles. The molecule has 0 unspecified atom stereocenters. The first-order valence-electron chi connectivity index (χ1n) is 7.61. The van der Waals surface area contributed by atoms with Crippen LogP contribution in [-0.2, 0) is 26.2 Å². The van der Waals surface area contributed by atoms with E-state index in [9.17, 15) is 17.6 Å². The van der Waals surface area contributed by atoms with Crippen molar-refractivity contribution >= 4 is 16.2 Å². The Bertz CT molecular complexity index is 651. The number of benzene rings is 1. The highest BCUT2D eigenvalue weighted by molar-refractivity contribution is 7.87. The Morgan fingerprint density at radius 1 is 1.48 bits per heavy atom. The molecule has 8 heteroatoms. The van der Waals surface area contributed by atoms with Gasteiger partial charge in [0.1, 0.15) is 11.9 Å². The van der Waals surface area contributed by atoms with Crippen molar-refractivity contribution in [2.24, 2.45) is 0 Å². The second-order valence-corrected chi connectivity index (χ2v) is 7.01. The van der Waals surface area contributed by atoms with Crippen molar-refractivity contribution in [1.29, 1.82) is 0 Å². The molecular weight excluding hydrogens is 323 g/mol. The van der Waals surface area contributed by atoms with Crippen LogP contribution < -0.4 is 4.72 Å². The zero-order valence-corrected chi connectivity index (χ0v) is 13.8. The third-order valence-corrected chi connectivity index (χ3v) is 5.28. The Labute approximate surface area is 135 Å². The predicted molar refractivity (Wildman–Crippen MR) is 83.4 cm³/mol. The highest BCUT2D eigenvalue weighted by Gasteiger charge is 2.39. The van der Waals surface area contributed by atoms with Crippen LogP contribution in [0.5, 0.6) is 0 Å². The number of ether oxygens (including phenoxy) is 1. The summed E-state index contributed by atoms with van der Waals surface area (Å²) >= 11 is 0. The second kappa shape index (κ2) is 7.85. The van der Waals surface area contributed by atoms with E-state index in [2.05, 4.69) is 4.72 Å². The number of nitrogens with zero attached hydrogens (tertiary/aromatic N) is 1. The minimum absolute atomic E-state index is 0.137. The Balaban J connectivity index is 1.94. The van der Waals surface area contributed by atoms with Gasteiger partial charge in [-0.2, -0.15) is 12.7 Å². The largest absolute Gasteiger partial charge is 0.465 e. The maximum atomic E-state index is 13.1. The molecule has 1 fully saturated rings. The van der Waals surface area contributed by atoms with Crippen LogP contribution in [0.1, 0.15) is 25.3 Å². The SMILES string of the molecule is CCOC(=O)[C@@H]1CCCN1S(=O)(=O)NCCc1cccc(F)c1. The molecule has 1 N–H and O–H groups in total. The van der Waals surface area contributed by atoms with Crippen molar-refractivity contribution in [2.45, 2.75) is 32.2 Å². The molecule has 1 aromatic carbocycles. The first kappa shape index (κ1) is 17.8. The Hall–Kier alpha value is -1.51. The summed E-state index contributed by atoms with van der Waals surface area (Å²) in [4.78, 5) is 11.8. The van der Waals surface area contributed by atoms with E-state index < -0.39 is 22.2 Å². The van der Waals surface area contributed by atoms with Crippen LogP contribution in [0.4, 0.5) is 4.39 Å². The van der Waals surface area contributed by atoms with Gasteiger partial charge in [-0.05, 0) is 43.9 Å². The highest BCUT2D eigenvalue weighted by atomic mass is 32.2. The van der Waals surface area contributed by atoms with Crippen molar-refractivity contribution in [2.75, 3.05) is 19.7 Å². The number of halogens is 1. The fourth-order valence-corrected chi connectivity index (χ4v) is 4.02. The van der Waals surface area contributed by atoms with E-state index in [-0.39, 0.29) is 19.0 Å². The van der Waals surface area contributed by atoms with Crippen LogP contribution in [0.15, 0.2) is 24.3 Å². The predicted octanol–water partition coefficient (Wildman–Crippen LogP) is 1.23. The average molecular weight is 344 g/mol. The van der Waals surface area contributed by atoms with Crippen LogP contribution >= 0.6 is 0 Å². The Morgan fingerprint density at radius 3 is 2.96 bits per heavy atom. The molecule has 0 amide bonds. The maximum Gasteiger partial charge on any atom is 0.324 e. The fourth-order valence-electron chi connectivity index (χ4n) is 2.60. The van der Waals surface area contributed by atoms with Crippen molar-refractivity contribution < 1.29 is 22.3 Å². The molecule has 0 spiro atoms. The van der Waals surface area contributed by atoms with Crippen LogP contribution in [0.3, 0.4) is 0 Å². The normalized spacial score (nSPS) is 19.0. The van der Waals surface area contributed by atoms with Gasteiger partial charge in [-0.25, -0.2) is 9.11 Å². The summed E-state index contributed by atoms with van der Waals surface area (Å²) in [7, 11) is -3.76. The molecule has 0 radical (unpaired) electrons. The minimum Gasteiger partial charge on any atom is -0.465 e. The first-order chi connectivity index (χ1) is 10.9. The minimum atomic E-state index is -3.76. The lowest BCUT2D eigenvalue weighted by molar-refractivity contribution is -0.146. The molecule has 1 aromatic rings. The molecule has 1 atom stereocenters. The Morgan fingerprint density at radius 2 is 2.26 bits per heavy atom. The number of hydrogen-bond donors (Lipinski definition) is 1. The summed E-state index contributed by atoms with van der Waals surface area (Å²) in [5.41, 5.74) is 0.705. The third kappa shape index (κ3) is 4.73. The van der Waals surface area contributed by atoms with Gasteiger partial charge in [0, 0.05) is 13.1 Å². The van der Waals surface area contributed by atoms with Gasteiger partial charge in [-0.15, -0.1) is 0 Å². The van der Waals surface area contributed by atoms with Crippen molar-refractivity contribution in [3.8, 4) is 0 Å². The zero-order valence-electron chi connectivity index (χ0n) is 13.0. The summed E-state index contributed by atoms with van der Waals surface area (Å²) in [5, 5.41) is 0. The molecule has 2 rings (SSSR count). The number of carbonyl (C=O) groups is 1. The van der Waals surface area contributed by atoms with E-state index in [0.717, 1.165) is 4.31 Å². The number of esters is 1. The molecule has 0 aromatic heterocycles. The number of nitrogens with one attached hydrogen (secondary N) is 1. The molecule has 6 nitrogen and oxygen atoms in total. The van der Waals surface area contributed by atoms with Crippen molar-refractivity contribution in [3.05, 3.63) is 35.6 Å². The van der Waals surface area contributed by atoms with Crippen LogP contribution in [0.25, 0.3) is 0 Å². The molecule has 0 bridgehead atoms. The topological polar surface area (TPSA) is 75.7 Å². The van der Waals surface area contributed by atoms with Gasteiger partial charge < -0.3 is 4.74 Å². The van der Waals surface area contributed by atoms with Crippen LogP contribution in [0.2, 0.25) is 0 Å². The second-order valence-electron chi connectivity index (χ2n) is 5.30. The van der Waals surface area contributed by atoms with Crippen molar-refractivity contribution in [1.82, 2.24) is 9.03 Å². The molecule has 23 heavy (non-hydrogen) atoms. The van der Waals surface area contributed by atoms with Gasteiger partial charge in [-0.3, -0.25) is 4.79 Å². The smallest absolute Gasteiger partial charge is 0.324 e. The first-order valence-corrected chi connectivity index (χ1v) is 9.05. The lowest BCUT2D eigenvalue weighted by Gasteiger charge is -2.22. The van der Waals surface area contributed by atoms with E-state index >= 15 is 0 Å².